The summed E-state index contributed by atoms with van der Waals surface area (Å²) in [6.07, 6.45) is 3.62. The fraction of sp³-hybridized carbons (Fsp3) is 0.500. The molecule has 2 fully saturated rings. The zero-order chi connectivity index (χ0) is 15.7. The molecule has 1 aromatic rings. The molecule has 0 aliphatic carbocycles. The molecule has 6 heteroatoms. The molecule has 2 heterocycles. The van der Waals surface area contributed by atoms with Gasteiger partial charge in [-0.1, -0.05) is 25.0 Å². The summed E-state index contributed by atoms with van der Waals surface area (Å²) in [4.78, 5) is 27.7. The van der Waals surface area contributed by atoms with Crippen molar-refractivity contribution in [2.45, 2.75) is 44.9 Å². The summed E-state index contributed by atoms with van der Waals surface area (Å²) >= 11 is 0. The SMILES string of the molecule is O=C1C2CCCCCN2C(=O)N1Cc1ccc(CO)c(F)c1. The van der Waals surface area contributed by atoms with Crippen LogP contribution in [0.4, 0.5) is 9.18 Å². The number of aliphatic hydroxyl groups is 1. The summed E-state index contributed by atoms with van der Waals surface area (Å²) < 4.78 is 13.7. The van der Waals surface area contributed by atoms with Crippen LogP contribution in [0.1, 0.15) is 36.8 Å². The molecule has 0 spiro atoms. The fourth-order valence-electron chi connectivity index (χ4n) is 3.17. The molecule has 1 unspecified atom stereocenters. The molecule has 0 bridgehead atoms. The van der Waals surface area contributed by atoms with Crippen molar-refractivity contribution in [2.24, 2.45) is 0 Å². The van der Waals surface area contributed by atoms with Crippen molar-refractivity contribution in [1.29, 1.82) is 0 Å². The van der Waals surface area contributed by atoms with E-state index >= 15 is 0 Å². The van der Waals surface area contributed by atoms with Crippen molar-refractivity contribution in [1.82, 2.24) is 9.80 Å². The third-order valence-corrected chi connectivity index (χ3v) is 4.41. The fourth-order valence-corrected chi connectivity index (χ4v) is 3.17. The van der Waals surface area contributed by atoms with E-state index in [1.807, 2.05) is 0 Å². The molecule has 1 N–H and O–H groups in total. The average Bonchev–Trinajstić information content (AvgIpc) is 2.71. The van der Waals surface area contributed by atoms with Crippen molar-refractivity contribution < 1.29 is 19.1 Å². The van der Waals surface area contributed by atoms with Gasteiger partial charge in [-0.25, -0.2) is 9.18 Å². The molecule has 0 radical (unpaired) electrons. The number of hydrogen-bond donors (Lipinski definition) is 1. The average molecular weight is 306 g/mol. The van der Waals surface area contributed by atoms with Gasteiger partial charge < -0.3 is 10.0 Å². The zero-order valence-electron chi connectivity index (χ0n) is 12.3. The van der Waals surface area contributed by atoms with Crippen LogP contribution >= 0.6 is 0 Å². The van der Waals surface area contributed by atoms with E-state index in [1.165, 1.54) is 17.0 Å². The largest absolute Gasteiger partial charge is 0.392 e. The Morgan fingerprint density at radius 2 is 2.05 bits per heavy atom. The minimum atomic E-state index is -0.520. The number of fused-ring (bicyclic) bond motifs is 1. The third-order valence-electron chi connectivity index (χ3n) is 4.41. The Morgan fingerprint density at radius 1 is 1.23 bits per heavy atom. The lowest BCUT2D eigenvalue weighted by Gasteiger charge is -2.18. The maximum atomic E-state index is 13.7. The van der Waals surface area contributed by atoms with Crippen molar-refractivity contribution >= 4 is 11.9 Å². The quantitative estimate of drug-likeness (QED) is 0.869. The van der Waals surface area contributed by atoms with Gasteiger partial charge in [-0.15, -0.1) is 0 Å². The van der Waals surface area contributed by atoms with Gasteiger partial charge in [-0.3, -0.25) is 9.69 Å². The van der Waals surface area contributed by atoms with Gasteiger partial charge in [-0.05, 0) is 24.5 Å². The number of carbonyl (C=O) groups excluding carboxylic acids is 2. The minimum Gasteiger partial charge on any atom is -0.392 e. The third kappa shape index (κ3) is 2.59. The summed E-state index contributed by atoms with van der Waals surface area (Å²) in [5, 5.41) is 8.98. The Balaban J connectivity index is 1.79. The predicted molar refractivity (Wildman–Crippen MR) is 77.2 cm³/mol. The number of benzene rings is 1. The van der Waals surface area contributed by atoms with Gasteiger partial charge in [0.15, 0.2) is 0 Å². The van der Waals surface area contributed by atoms with Crippen molar-refractivity contribution in [3.8, 4) is 0 Å². The highest BCUT2D eigenvalue weighted by atomic mass is 19.1. The summed E-state index contributed by atoms with van der Waals surface area (Å²) in [5.41, 5.74) is 0.755. The molecule has 0 saturated carbocycles. The number of rotatable bonds is 3. The molecule has 2 aliphatic rings. The van der Waals surface area contributed by atoms with Crippen LogP contribution in [0, 0.1) is 5.82 Å². The second-order valence-corrected chi connectivity index (χ2v) is 5.85. The Morgan fingerprint density at radius 3 is 2.77 bits per heavy atom. The topological polar surface area (TPSA) is 60.9 Å². The molecule has 0 aromatic heterocycles. The summed E-state index contributed by atoms with van der Waals surface area (Å²) in [5.74, 6) is -0.702. The Kier molecular flexibility index (Phi) is 4.11. The van der Waals surface area contributed by atoms with Gasteiger partial charge >= 0.3 is 6.03 Å². The van der Waals surface area contributed by atoms with Crippen LogP contribution in [0.3, 0.4) is 0 Å². The van der Waals surface area contributed by atoms with Crippen LogP contribution in [-0.4, -0.2) is 39.4 Å². The van der Waals surface area contributed by atoms with Crippen LogP contribution in [0.5, 0.6) is 0 Å². The smallest absolute Gasteiger partial charge is 0.327 e. The standard InChI is InChI=1S/C16H19FN2O3/c17-13-8-11(5-6-12(13)10-20)9-19-15(21)14-4-2-1-3-7-18(14)16(19)22/h5-6,8,14,20H,1-4,7,9-10H2. The molecule has 1 atom stereocenters. The van der Waals surface area contributed by atoms with E-state index in [0.29, 0.717) is 18.5 Å². The van der Waals surface area contributed by atoms with E-state index < -0.39 is 5.82 Å². The Hall–Kier alpha value is -1.95. The maximum Gasteiger partial charge on any atom is 0.327 e. The highest BCUT2D eigenvalue weighted by Crippen LogP contribution is 2.27. The predicted octanol–water partition coefficient (Wildman–Crippen LogP) is 2.02. The Labute approximate surface area is 128 Å². The van der Waals surface area contributed by atoms with E-state index in [0.717, 1.165) is 19.3 Å². The summed E-state index contributed by atoms with van der Waals surface area (Å²) in [6.45, 7) is 0.320. The van der Waals surface area contributed by atoms with Gasteiger partial charge in [0.25, 0.3) is 5.91 Å². The van der Waals surface area contributed by atoms with Gasteiger partial charge in [-0.2, -0.15) is 0 Å². The molecule has 22 heavy (non-hydrogen) atoms. The van der Waals surface area contributed by atoms with Crippen molar-refractivity contribution in [2.75, 3.05) is 6.54 Å². The van der Waals surface area contributed by atoms with E-state index in [2.05, 4.69) is 0 Å². The number of aliphatic hydroxyl groups excluding tert-OH is 1. The number of imide groups is 1. The molecule has 2 saturated heterocycles. The highest BCUT2D eigenvalue weighted by molar-refractivity contribution is 6.04. The number of carbonyl (C=O) groups is 2. The Bertz CT molecular complexity index is 581. The van der Waals surface area contributed by atoms with Gasteiger partial charge in [0, 0.05) is 12.1 Å². The van der Waals surface area contributed by atoms with E-state index in [4.69, 9.17) is 5.11 Å². The molecule has 3 amide bonds. The lowest BCUT2D eigenvalue weighted by atomic mass is 10.1. The van der Waals surface area contributed by atoms with Crippen LogP contribution in [-0.2, 0) is 17.9 Å². The first-order valence-electron chi connectivity index (χ1n) is 7.62. The molecule has 1 aromatic carbocycles. The molecule has 5 nitrogen and oxygen atoms in total. The molecule has 118 valence electrons. The van der Waals surface area contributed by atoms with Crippen LogP contribution in [0.25, 0.3) is 0 Å². The summed E-state index contributed by atoms with van der Waals surface area (Å²) in [6, 6.07) is 3.77. The molecule has 2 aliphatic heterocycles. The van der Waals surface area contributed by atoms with Crippen molar-refractivity contribution in [3.63, 3.8) is 0 Å². The van der Waals surface area contributed by atoms with Gasteiger partial charge in [0.1, 0.15) is 11.9 Å². The highest BCUT2D eigenvalue weighted by Gasteiger charge is 2.44. The van der Waals surface area contributed by atoms with E-state index in [9.17, 15) is 14.0 Å². The summed E-state index contributed by atoms with van der Waals surface area (Å²) in [7, 11) is 0. The number of halogens is 1. The van der Waals surface area contributed by atoms with E-state index in [-0.39, 0.29) is 36.7 Å². The van der Waals surface area contributed by atoms with Gasteiger partial charge in [0.05, 0.1) is 13.2 Å². The number of nitrogens with zero attached hydrogens (tertiary/aromatic N) is 2. The minimum absolute atomic E-state index is 0.0767. The first kappa shape index (κ1) is 15.0. The normalized spacial score (nSPS) is 22.0. The first-order chi connectivity index (χ1) is 10.6. The number of urea groups is 1. The molecule has 3 rings (SSSR count). The molecular weight excluding hydrogens is 287 g/mol. The lowest BCUT2D eigenvalue weighted by molar-refractivity contribution is -0.128. The number of amides is 3. The number of hydrogen-bond acceptors (Lipinski definition) is 3. The molecular formula is C16H19FN2O3. The van der Waals surface area contributed by atoms with Gasteiger partial charge in [0.2, 0.25) is 0 Å². The second kappa shape index (κ2) is 6.04. The van der Waals surface area contributed by atoms with Crippen LogP contribution in [0.15, 0.2) is 18.2 Å². The second-order valence-electron chi connectivity index (χ2n) is 5.85. The maximum absolute atomic E-state index is 13.7. The van der Waals surface area contributed by atoms with Crippen LogP contribution in [0.2, 0.25) is 0 Å². The van der Waals surface area contributed by atoms with E-state index in [1.54, 1.807) is 11.0 Å². The monoisotopic (exact) mass is 306 g/mol. The first-order valence-corrected chi connectivity index (χ1v) is 7.62. The van der Waals surface area contributed by atoms with Crippen molar-refractivity contribution in [3.05, 3.63) is 35.1 Å². The lowest BCUT2D eigenvalue weighted by Crippen LogP contribution is -2.34. The van der Waals surface area contributed by atoms with Crippen LogP contribution < -0.4 is 0 Å². The zero-order valence-corrected chi connectivity index (χ0v) is 12.3.